The molecular formula is C16H18OS. The van der Waals surface area contributed by atoms with Gasteiger partial charge in [-0.2, -0.15) is 11.8 Å². The Morgan fingerprint density at radius 1 is 1.11 bits per heavy atom. The van der Waals surface area contributed by atoms with Crippen molar-refractivity contribution in [2.45, 2.75) is 19.6 Å². The summed E-state index contributed by atoms with van der Waals surface area (Å²) in [5.74, 6) is 2.90. The van der Waals surface area contributed by atoms with E-state index in [1.165, 1.54) is 16.7 Å². The molecule has 0 saturated heterocycles. The van der Waals surface area contributed by atoms with Crippen LogP contribution in [0.3, 0.4) is 0 Å². The summed E-state index contributed by atoms with van der Waals surface area (Å²) in [6.07, 6.45) is 0.938. The molecule has 2 aromatic carbocycles. The van der Waals surface area contributed by atoms with Gasteiger partial charge in [-0.15, -0.1) is 0 Å². The quantitative estimate of drug-likeness (QED) is 0.732. The Kier molecular flexibility index (Phi) is 4.43. The molecule has 0 aliphatic carbocycles. The summed E-state index contributed by atoms with van der Waals surface area (Å²) in [6, 6.07) is 12.2. The van der Waals surface area contributed by atoms with E-state index < -0.39 is 0 Å². The Morgan fingerprint density at radius 2 is 1.83 bits per heavy atom. The predicted molar refractivity (Wildman–Crippen MR) is 80.3 cm³/mol. The highest BCUT2D eigenvalue weighted by Crippen LogP contribution is 2.25. The van der Waals surface area contributed by atoms with Crippen LogP contribution in [0.1, 0.15) is 29.8 Å². The molecule has 0 aliphatic heterocycles. The van der Waals surface area contributed by atoms with Crippen LogP contribution in [0.4, 0.5) is 0 Å². The zero-order valence-corrected chi connectivity index (χ0v) is 11.7. The molecule has 94 valence electrons. The van der Waals surface area contributed by atoms with Crippen molar-refractivity contribution in [1.29, 1.82) is 0 Å². The van der Waals surface area contributed by atoms with E-state index in [4.69, 9.17) is 0 Å². The molecule has 0 saturated carbocycles. The lowest BCUT2D eigenvalue weighted by Gasteiger charge is -2.09. The van der Waals surface area contributed by atoms with Gasteiger partial charge in [-0.05, 0) is 28.0 Å². The van der Waals surface area contributed by atoms with Crippen LogP contribution >= 0.6 is 11.8 Å². The van der Waals surface area contributed by atoms with Crippen LogP contribution in [-0.2, 0) is 5.75 Å². The van der Waals surface area contributed by atoms with Crippen LogP contribution < -0.4 is 0 Å². The fourth-order valence-corrected chi connectivity index (χ4v) is 3.08. The third-order valence-electron chi connectivity index (χ3n) is 2.88. The fourth-order valence-electron chi connectivity index (χ4n) is 2.02. The SMILES string of the molecule is CC(C)CSCc1ccc(C=O)c2ccccc12. The van der Waals surface area contributed by atoms with E-state index in [0.717, 1.165) is 28.9 Å². The van der Waals surface area contributed by atoms with E-state index in [2.05, 4.69) is 26.0 Å². The van der Waals surface area contributed by atoms with Gasteiger partial charge in [-0.3, -0.25) is 4.79 Å². The molecule has 1 nitrogen and oxygen atoms in total. The van der Waals surface area contributed by atoms with E-state index in [-0.39, 0.29) is 0 Å². The summed E-state index contributed by atoms with van der Waals surface area (Å²) < 4.78 is 0. The van der Waals surface area contributed by atoms with Crippen LogP contribution in [0.5, 0.6) is 0 Å². The molecule has 0 radical (unpaired) electrons. The van der Waals surface area contributed by atoms with Gasteiger partial charge < -0.3 is 0 Å². The molecule has 2 rings (SSSR count). The maximum Gasteiger partial charge on any atom is 0.150 e. The first-order valence-corrected chi connectivity index (χ1v) is 7.41. The normalized spacial score (nSPS) is 11.1. The van der Waals surface area contributed by atoms with Crippen molar-refractivity contribution in [3.63, 3.8) is 0 Å². The summed E-state index contributed by atoms with van der Waals surface area (Å²) in [5, 5.41) is 2.27. The Balaban J connectivity index is 2.31. The van der Waals surface area contributed by atoms with Crippen LogP contribution in [0.2, 0.25) is 0 Å². The number of fused-ring (bicyclic) bond motifs is 1. The molecule has 2 aromatic rings. The second-order valence-electron chi connectivity index (χ2n) is 4.89. The van der Waals surface area contributed by atoms with Gasteiger partial charge in [-0.1, -0.05) is 50.2 Å². The summed E-state index contributed by atoms with van der Waals surface area (Å²) in [4.78, 5) is 11.0. The van der Waals surface area contributed by atoms with Crippen molar-refractivity contribution in [2.75, 3.05) is 5.75 Å². The lowest BCUT2D eigenvalue weighted by atomic mass is 10.0. The average Bonchev–Trinajstić information content (AvgIpc) is 2.38. The number of thioether (sulfide) groups is 1. The number of carbonyl (C=O) groups excluding carboxylic acids is 1. The van der Waals surface area contributed by atoms with E-state index in [9.17, 15) is 4.79 Å². The number of carbonyl (C=O) groups is 1. The zero-order chi connectivity index (χ0) is 13.0. The van der Waals surface area contributed by atoms with Gasteiger partial charge in [0, 0.05) is 11.3 Å². The molecule has 0 spiro atoms. The van der Waals surface area contributed by atoms with Gasteiger partial charge in [0.1, 0.15) is 0 Å². The first-order valence-electron chi connectivity index (χ1n) is 6.26. The van der Waals surface area contributed by atoms with Gasteiger partial charge >= 0.3 is 0 Å². The molecule has 0 heterocycles. The Morgan fingerprint density at radius 3 is 2.50 bits per heavy atom. The highest BCUT2D eigenvalue weighted by molar-refractivity contribution is 7.98. The standard InChI is InChI=1S/C16H18OS/c1-12(2)10-18-11-14-8-7-13(9-17)15-5-3-4-6-16(14)15/h3-9,12H,10-11H2,1-2H3. The Labute approximate surface area is 113 Å². The Bertz CT molecular complexity index is 546. The van der Waals surface area contributed by atoms with Crippen molar-refractivity contribution >= 4 is 28.8 Å². The van der Waals surface area contributed by atoms with Gasteiger partial charge in [0.05, 0.1) is 0 Å². The lowest BCUT2D eigenvalue weighted by Crippen LogP contribution is -1.93. The molecular weight excluding hydrogens is 240 g/mol. The smallest absolute Gasteiger partial charge is 0.150 e. The Hall–Kier alpha value is -1.28. The zero-order valence-electron chi connectivity index (χ0n) is 10.8. The largest absolute Gasteiger partial charge is 0.298 e. The number of hydrogen-bond acceptors (Lipinski definition) is 2. The molecule has 0 atom stereocenters. The molecule has 2 heteroatoms. The maximum atomic E-state index is 11.0. The summed E-state index contributed by atoms with van der Waals surface area (Å²) in [6.45, 7) is 4.47. The summed E-state index contributed by atoms with van der Waals surface area (Å²) in [5.41, 5.74) is 2.10. The minimum atomic E-state index is 0.718. The van der Waals surface area contributed by atoms with Crippen molar-refractivity contribution in [3.05, 3.63) is 47.5 Å². The van der Waals surface area contributed by atoms with E-state index in [1.807, 2.05) is 36.0 Å². The maximum absolute atomic E-state index is 11.0. The minimum Gasteiger partial charge on any atom is -0.298 e. The highest BCUT2D eigenvalue weighted by Gasteiger charge is 2.05. The molecule has 0 aromatic heterocycles. The highest BCUT2D eigenvalue weighted by atomic mass is 32.2. The van der Waals surface area contributed by atoms with Crippen LogP contribution in [0.15, 0.2) is 36.4 Å². The first-order chi connectivity index (χ1) is 8.72. The molecule has 0 fully saturated rings. The van der Waals surface area contributed by atoms with Crippen molar-refractivity contribution < 1.29 is 4.79 Å². The van der Waals surface area contributed by atoms with E-state index in [0.29, 0.717) is 0 Å². The molecule has 18 heavy (non-hydrogen) atoms. The average molecular weight is 258 g/mol. The second-order valence-corrected chi connectivity index (χ2v) is 5.92. The van der Waals surface area contributed by atoms with Crippen molar-refractivity contribution in [1.82, 2.24) is 0 Å². The van der Waals surface area contributed by atoms with Gasteiger partial charge in [0.15, 0.2) is 6.29 Å². The second kappa shape index (κ2) is 6.05. The number of rotatable bonds is 5. The van der Waals surface area contributed by atoms with Crippen LogP contribution in [0, 0.1) is 5.92 Å². The lowest BCUT2D eigenvalue weighted by molar-refractivity contribution is 0.112. The monoisotopic (exact) mass is 258 g/mol. The number of benzene rings is 2. The molecule has 0 bridgehead atoms. The predicted octanol–water partition coefficient (Wildman–Crippen LogP) is 4.54. The van der Waals surface area contributed by atoms with E-state index >= 15 is 0 Å². The third-order valence-corrected chi connectivity index (χ3v) is 4.30. The molecule has 0 N–H and O–H groups in total. The van der Waals surface area contributed by atoms with Crippen molar-refractivity contribution in [2.24, 2.45) is 5.92 Å². The first kappa shape index (κ1) is 13.2. The fraction of sp³-hybridized carbons (Fsp3) is 0.312. The number of hydrogen-bond donors (Lipinski definition) is 0. The van der Waals surface area contributed by atoms with Gasteiger partial charge in [-0.25, -0.2) is 0 Å². The molecule has 0 amide bonds. The summed E-state index contributed by atoms with van der Waals surface area (Å²) in [7, 11) is 0. The summed E-state index contributed by atoms with van der Waals surface area (Å²) >= 11 is 1.95. The topological polar surface area (TPSA) is 17.1 Å². The third kappa shape index (κ3) is 2.94. The minimum absolute atomic E-state index is 0.718. The molecule has 0 unspecified atom stereocenters. The number of aldehydes is 1. The van der Waals surface area contributed by atoms with Crippen molar-refractivity contribution in [3.8, 4) is 0 Å². The van der Waals surface area contributed by atoms with Gasteiger partial charge in [0.25, 0.3) is 0 Å². The molecule has 0 aliphatic rings. The van der Waals surface area contributed by atoms with Crippen LogP contribution in [0.25, 0.3) is 10.8 Å². The van der Waals surface area contributed by atoms with E-state index in [1.54, 1.807) is 0 Å². The van der Waals surface area contributed by atoms with Crippen LogP contribution in [-0.4, -0.2) is 12.0 Å². The van der Waals surface area contributed by atoms with Gasteiger partial charge in [0.2, 0.25) is 0 Å².